The first-order valence-corrected chi connectivity index (χ1v) is 6.60. The van der Waals surface area contributed by atoms with Gasteiger partial charge in [0.15, 0.2) is 0 Å². The summed E-state index contributed by atoms with van der Waals surface area (Å²) in [4.78, 5) is 22.8. The van der Waals surface area contributed by atoms with Crippen LogP contribution in [0.2, 0.25) is 0 Å². The molecule has 2 aromatic rings. The average molecular weight is 335 g/mol. The van der Waals surface area contributed by atoms with Gasteiger partial charge in [0.1, 0.15) is 6.61 Å². The number of halogens is 1. The van der Waals surface area contributed by atoms with E-state index in [1.165, 1.54) is 18.2 Å². The predicted octanol–water partition coefficient (Wildman–Crippen LogP) is 3.50. The fraction of sp³-hybridized carbons (Fsp3) is 0.0667. The Bertz CT molecular complexity index is 638. The van der Waals surface area contributed by atoms with Crippen molar-refractivity contribution in [2.24, 2.45) is 0 Å². The van der Waals surface area contributed by atoms with E-state index in [9.17, 15) is 9.59 Å². The van der Waals surface area contributed by atoms with E-state index >= 15 is 0 Å². The highest BCUT2D eigenvalue weighted by molar-refractivity contribution is 9.10. The zero-order valence-electron chi connectivity index (χ0n) is 10.4. The summed E-state index contributed by atoms with van der Waals surface area (Å²) in [6.45, 7) is 0.147. The van der Waals surface area contributed by atoms with Gasteiger partial charge >= 0.3 is 11.9 Å². The molecule has 0 atom stereocenters. The van der Waals surface area contributed by atoms with E-state index in [0.29, 0.717) is 4.47 Å². The molecule has 0 saturated carbocycles. The second kappa shape index (κ2) is 6.34. The molecule has 0 amide bonds. The van der Waals surface area contributed by atoms with Gasteiger partial charge in [0.2, 0.25) is 0 Å². The fourth-order valence-electron chi connectivity index (χ4n) is 1.64. The monoisotopic (exact) mass is 334 g/mol. The third-order valence-corrected chi connectivity index (χ3v) is 3.05. The van der Waals surface area contributed by atoms with Gasteiger partial charge in [-0.1, -0.05) is 46.3 Å². The van der Waals surface area contributed by atoms with E-state index in [-0.39, 0.29) is 17.7 Å². The van der Waals surface area contributed by atoms with Crippen molar-refractivity contribution < 1.29 is 19.4 Å². The molecule has 0 aliphatic carbocycles. The van der Waals surface area contributed by atoms with E-state index < -0.39 is 11.9 Å². The summed E-state index contributed by atoms with van der Waals surface area (Å²) in [6.07, 6.45) is 0. The average Bonchev–Trinajstić information content (AvgIpc) is 2.45. The molecule has 4 nitrogen and oxygen atoms in total. The Morgan fingerprint density at radius 1 is 1.05 bits per heavy atom. The van der Waals surface area contributed by atoms with E-state index in [0.717, 1.165) is 5.56 Å². The lowest BCUT2D eigenvalue weighted by Gasteiger charge is -2.06. The third-order valence-electron chi connectivity index (χ3n) is 2.59. The van der Waals surface area contributed by atoms with Crippen LogP contribution in [0.25, 0.3) is 0 Å². The van der Waals surface area contributed by atoms with E-state index in [4.69, 9.17) is 9.84 Å². The number of hydrogen-bond acceptors (Lipinski definition) is 3. The minimum Gasteiger partial charge on any atom is -0.478 e. The van der Waals surface area contributed by atoms with Gasteiger partial charge < -0.3 is 9.84 Å². The van der Waals surface area contributed by atoms with Gasteiger partial charge in [0.05, 0.1) is 11.1 Å². The topological polar surface area (TPSA) is 63.6 Å². The van der Waals surface area contributed by atoms with Gasteiger partial charge in [-0.15, -0.1) is 0 Å². The number of carbonyl (C=O) groups is 2. The van der Waals surface area contributed by atoms with Gasteiger partial charge in [0.25, 0.3) is 0 Å². The second-order valence-corrected chi connectivity index (χ2v) is 5.01. The summed E-state index contributed by atoms with van der Waals surface area (Å²) in [5.41, 5.74) is 1.10. The molecule has 0 aliphatic heterocycles. The van der Waals surface area contributed by atoms with Crippen LogP contribution in [0, 0.1) is 0 Å². The first kappa shape index (κ1) is 14.3. The molecule has 0 aliphatic rings. The zero-order valence-corrected chi connectivity index (χ0v) is 12.0. The molecule has 2 aromatic carbocycles. The number of carbonyl (C=O) groups excluding carboxylic acids is 1. The van der Waals surface area contributed by atoms with Crippen LogP contribution in [0.3, 0.4) is 0 Å². The standard InChI is InChI=1S/C15H11BrO4/c16-13-7-11(14(17)18)6-12(8-13)15(19)20-9-10-4-2-1-3-5-10/h1-8H,9H2,(H,17,18). The minimum absolute atomic E-state index is 0.0334. The summed E-state index contributed by atoms with van der Waals surface area (Å²) in [5, 5.41) is 8.95. The van der Waals surface area contributed by atoms with Crippen molar-refractivity contribution in [3.8, 4) is 0 Å². The maximum Gasteiger partial charge on any atom is 0.338 e. The molecule has 0 radical (unpaired) electrons. The second-order valence-electron chi connectivity index (χ2n) is 4.10. The molecule has 0 saturated heterocycles. The van der Waals surface area contributed by atoms with Crippen molar-refractivity contribution in [3.63, 3.8) is 0 Å². The van der Waals surface area contributed by atoms with E-state index in [2.05, 4.69) is 15.9 Å². The highest BCUT2D eigenvalue weighted by atomic mass is 79.9. The molecule has 0 bridgehead atoms. The number of rotatable bonds is 4. The van der Waals surface area contributed by atoms with Gasteiger partial charge in [0, 0.05) is 4.47 Å². The summed E-state index contributed by atoms with van der Waals surface area (Å²) in [5.74, 6) is -1.65. The van der Waals surface area contributed by atoms with Crippen LogP contribution < -0.4 is 0 Å². The van der Waals surface area contributed by atoms with Crippen LogP contribution in [-0.4, -0.2) is 17.0 Å². The summed E-state index contributed by atoms with van der Waals surface area (Å²) >= 11 is 3.17. The predicted molar refractivity (Wildman–Crippen MR) is 76.7 cm³/mol. The van der Waals surface area contributed by atoms with E-state index in [1.54, 1.807) is 0 Å². The normalized spacial score (nSPS) is 10.1. The van der Waals surface area contributed by atoms with Crippen molar-refractivity contribution >= 4 is 27.9 Å². The Morgan fingerprint density at radius 3 is 2.35 bits per heavy atom. The summed E-state index contributed by atoms with van der Waals surface area (Å²) < 4.78 is 5.67. The van der Waals surface area contributed by atoms with Crippen molar-refractivity contribution in [2.75, 3.05) is 0 Å². The van der Waals surface area contributed by atoms with Crippen LogP contribution in [0.15, 0.2) is 53.0 Å². The van der Waals surface area contributed by atoms with Crippen LogP contribution in [0.5, 0.6) is 0 Å². The molecule has 2 rings (SSSR count). The largest absolute Gasteiger partial charge is 0.478 e. The number of hydrogen-bond donors (Lipinski definition) is 1. The minimum atomic E-state index is -1.09. The lowest BCUT2D eigenvalue weighted by Crippen LogP contribution is -2.07. The van der Waals surface area contributed by atoms with Crippen LogP contribution >= 0.6 is 15.9 Å². The first-order valence-electron chi connectivity index (χ1n) is 5.81. The Kier molecular flexibility index (Phi) is 4.53. The van der Waals surface area contributed by atoms with Crippen molar-refractivity contribution in [2.45, 2.75) is 6.61 Å². The zero-order chi connectivity index (χ0) is 14.5. The first-order chi connectivity index (χ1) is 9.56. The SMILES string of the molecule is O=C(O)c1cc(Br)cc(C(=O)OCc2ccccc2)c1. The smallest absolute Gasteiger partial charge is 0.338 e. The Morgan fingerprint density at radius 2 is 1.70 bits per heavy atom. The van der Waals surface area contributed by atoms with Crippen molar-refractivity contribution in [1.29, 1.82) is 0 Å². The van der Waals surface area contributed by atoms with Gasteiger partial charge in [-0.05, 0) is 23.8 Å². The number of ether oxygens (including phenoxy) is 1. The summed E-state index contributed by atoms with van der Waals surface area (Å²) in [6, 6.07) is 13.5. The lowest BCUT2D eigenvalue weighted by molar-refractivity contribution is 0.0472. The molecule has 20 heavy (non-hydrogen) atoms. The molecule has 5 heteroatoms. The van der Waals surface area contributed by atoms with E-state index in [1.807, 2.05) is 30.3 Å². The van der Waals surface area contributed by atoms with Gasteiger partial charge in [-0.3, -0.25) is 0 Å². The molecule has 0 unspecified atom stereocenters. The van der Waals surface area contributed by atoms with Gasteiger partial charge in [-0.2, -0.15) is 0 Å². The van der Waals surface area contributed by atoms with Crippen molar-refractivity contribution in [3.05, 3.63) is 69.7 Å². The quantitative estimate of drug-likeness (QED) is 0.869. The highest BCUT2D eigenvalue weighted by Crippen LogP contribution is 2.17. The third kappa shape index (κ3) is 3.68. The highest BCUT2D eigenvalue weighted by Gasteiger charge is 2.12. The van der Waals surface area contributed by atoms with Crippen LogP contribution in [0.4, 0.5) is 0 Å². The Labute approximate surface area is 124 Å². The Hall–Kier alpha value is -2.14. The molecule has 0 fully saturated rings. The van der Waals surface area contributed by atoms with Crippen LogP contribution in [-0.2, 0) is 11.3 Å². The fourth-order valence-corrected chi connectivity index (χ4v) is 2.13. The number of carboxylic acid groups (broad SMARTS) is 1. The maximum absolute atomic E-state index is 11.9. The molecule has 102 valence electrons. The molecular weight excluding hydrogens is 324 g/mol. The number of aromatic carboxylic acids is 1. The number of benzene rings is 2. The molecular formula is C15H11BrO4. The molecule has 0 aromatic heterocycles. The summed E-state index contributed by atoms with van der Waals surface area (Å²) in [7, 11) is 0. The number of carboxylic acids is 1. The lowest BCUT2D eigenvalue weighted by atomic mass is 10.1. The number of esters is 1. The molecule has 1 N–H and O–H groups in total. The Balaban J connectivity index is 2.11. The molecule has 0 heterocycles. The van der Waals surface area contributed by atoms with Crippen LogP contribution in [0.1, 0.15) is 26.3 Å². The maximum atomic E-state index is 11.9. The van der Waals surface area contributed by atoms with Gasteiger partial charge in [-0.25, -0.2) is 9.59 Å². The molecule has 0 spiro atoms. The van der Waals surface area contributed by atoms with Crippen molar-refractivity contribution in [1.82, 2.24) is 0 Å².